The molecular weight excluding hydrogens is 823 g/mol. The molecule has 3 aromatic carbocycles. The van der Waals surface area contributed by atoms with Crippen molar-refractivity contribution >= 4 is 34.8 Å². The maximum absolute atomic E-state index is 13.7. The van der Waals surface area contributed by atoms with Crippen LogP contribution in [-0.2, 0) is 23.9 Å². The number of carboxylic acid groups (broad SMARTS) is 1. The number of allylic oxidation sites excluding steroid dienone is 1. The van der Waals surface area contributed by atoms with Gasteiger partial charge in [0.15, 0.2) is 23.6 Å². The van der Waals surface area contributed by atoms with Crippen LogP contribution in [0.5, 0.6) is 11.5 Å². The Hall–Kier alpha value is -5.96. The molecule has 4 aromatic rings. The molecule has 18 nitrogen and oxygen atoms in total. The van der Waals surface area contributed by atoms with Crippen molar-refractivity contribution < 1.29 is 68.8 Å². The molecule has 4 aliphatic rings. The zero-order valence-corrected chi connectivity index (χ0v) is 34.2. The zero-order chi connectivity index (χ0) is 44.7. The molecule has 2 saturated heterocycles. The number of aliphatic imine (C=N–C) groups is 1. The molecule has 332 valence electrons. The Kier molecular flexibility index (Phi) is 12.2. The summed E-state index contributed by atoms with van der Waals surface area (Å²) in [6.07, 6.45) is -4.13. The molecule has 9 atom stereocenters. The fraction of sp³-hybridized carbons (Fsp3) is 0.378. The van der Waals surface area contributed by atoms with Gasteiger partial charge in [0.25, 0.3) is 5.79 Å². The van der Waals surface area contributed by atoms with E-state index in [9.17, 15) is 50.1 Å². The number of fused-ring (bicyclic) bond motifs is 2. The van der Waals surface area contributed by atoms with Gasteiger partial charge in [-0.3, -0.25) is 24.2 Å². The molecule has 8 rings (SSSR count). The minimum atomic E-state index is -3.18. The summed E-state index contributed by atoms with van der Waals surface area (Å²) >= 11 is 0. The van der Waals surface area contributed by atoms with Crippen LogP contribution < -0.4 is 15.5 Å². The average Bonchev–Trinajstić information content (AvgIpc) is 3.85. The van der Waals surface area contributed by atoms with E-state index in [1.54, 1.807) is 24.4 Å². The highest BCUT2D eigenvalue weighted by atomic mass is 16.8. The highest BCUT2D eigenvalue weighted by Gasteiger charge is 2.58. The zero-order valence-electron chi connectivity index (χ0n) is 34.2. The topological polar surface area (TPSA) is 271 Å². The van der Waals surface area contributed by atoms with Crippen LogP contribution >= 0.6 is 0 Å². The number of nitrogens with one attached hydrogen (secondary N) is 1. The van der Waals surface area contributed by atoms with Crippen molar-refractivity contribution in [3.63, 3.8) is 0 Å². The Labute approximate surface area is 359 Å². The highest BCUT2D eigenvalue weighted by molar-refractivity contribution is 5.95. The molecule has 0 radical (unpaired) electrons. The minimum absolute atomic E-state index is 0.0158. The SMILES string of the molecule is Cc1cc(C)cc(C2=C3N=CC=C3CN2O[C@@H]2[C@@H](Oc3ccc4c(=O)c(-c5ccc(O)cc5)coc4c3)O[C@@H]([C@@](O)(CO)OC(=O)[C@H](C(=O)O)[C@H]3NCCC[C@@H]3CO)[C@H](O)[C@H]2O)c1. The van der Waals surface area contributed by atoms with Crippen molar-refractivity contribution in [1.29, 1.82) is 0 Å². The number of carboxylic acids is 1. The normalized spacial score (nSPS) is 26.0. The van der Waals surface area contributed by atoms with E-state index in [-0.39, 0.29) is 34.6 Å². The number of ether oxygens (including phenoxy) is 3. The van der Waals surface area contributed by atoms with Crippen molar-refractivity contribution in [2.75, 3.05) is 26.3 Å². The number of piperidine rings is 1. The van der Waals surface area contributed by atoms with E-state index in [1.165, 1.54) is 41.7 Å². The maximum atomic E-state index is 13.7. The smallest absolute Gasteiger partial charge is 0.324 e. The van der Waals surface area contributed by atoms with Crippen LogP contribution in [-0.4, -0.2) is 128 Å². The van der Waals surface area contributed by atoms with E-state index < -0.39 is 85.0 Å². The number of carbonyl (C=O) groups is 2. The van der Waals surface area contributed by atoms with Gasteiger partial charge in [0.05, 0.1) is 28.9 Å². The maximum Gasteiger partial charge on any atom is 0.324 e. The van der Waals surface area contributed by atoms with Crippen molar-refractivity contribution in [2.45, 2.75) is 69.2 Å². The van der Waals surface area contributed by atoms with E-state index >= 15 is 0 Å². The van der Waals surface area contributed by atoms with Gasteiger partial charge in [-0.05, 0) is 87.2 Å². The summed E-state index contributed by atoms with van der Waals surface area (Å²) in [5, 5.41) is 80.4. The molecule has 63 heavy (non-hydrogen) atoms. The van der Waals surface area contributed by atoms with Crippen LogP contribution in [0, 0.1) is 25.7 Å². The number of nitrogens with zero attached hydrogens (tertiary/aromatic N) is 2. The van der Waals surface area contributed by atoms with E-state index in [0.717, 1.165) is 22.3 Å². The van der Waals surface area contributed by atoms with Gasteiger partial charge in [0, 0.05) is 36.1 Å². The van der Waals surface area contributed by atoms with Gasteiger partial charge in [-0.2, -0.15) is 0 Å². The summed E-state index contributed by atoms with van der Waals surface area (Å²) in [6, 6.07) is 14.9. The summed E-state index contributed by atoms with van der Waals surface area (Å²) in [7, 11) is 0. The second-order valence-corrected chi connectivity index (χ2v) is 16.2. The monoisotopic (exact) mass is 869 g/mol. The third kappa shape index (κ3) is 8.47. The number of aliphatic carboxylic acids is 1. The number of esters is 1. The molecule has 1 aromatic heterocycles. The van der Waals surface area contributed by atoms with Gasteiger partial charge < -0.3 is 59.7 Å². The van der Waals surface area contributed by atoms with Crippen LogP contribution in [0.15, 0.2) is 98.5 Å². The van der Waals surface area contributed by atoms with Crippen molar-refractivity contribution in [3.05, 3.63) is 111 Å². The number of aryl methyl sites for hydroxylation is 2. The first-order valence-electron chi connectivity index (χ1n) is 20.4. The molecule has 0 aliphatic carbocycles. The standard InChI is InChI=1S/C45H47N3O15/c1-22-14-23(2)16-27(15-22)36-35-25(11-13-47-35)18-48(36)63-40-38(53)39(54)41(45(58,21-50)62-43(57)33(42(55)56)34-26(19-49)4-3-12-46-34)61-44(40)60-29-9-10-30-32(17-29)59-20-31(37(30)52)24-5-7-28(51)8-6-24/h5-11,13-17,20,26,33-34,38-41,44,46,49-51,53-54,58H,3-4,12,18-19,21H2,1-2H3,(H,55,56)/t26-,33+,34+,38-,39-,40+,41-,44+,45-/m1/s1. The van der Waals surface area contributed by atoms with E-state index in [2.05, 4.69) is 10.3 Å². The van der Waals surface area contributed by atoms with Gasteiger partial charge >= 0.3 is 11.9 Å². The summed E-state index contributed by atoms with van der Waals surface area (Å²) in [5.41, 5.74) is 4.94. The Balaban J connectivity index is 1.14. The fourth-order valence-corrected chi connectivity index (χ4v) is 8.65. The predicted octanol–water partition coefficient (Wildman–Crippen LogP) is 1.89. The molecule has 8 N–H and O–H groups in total. The third-order valence-corrected chi connectivity index (χ3v) is 11.7. The molecule has 0 unspecified atom stereocenters. The predicted molar refractivity (Wildman–Crippen MR) is 223 cm³/mol. The number of aromatic hydroxyl groups is 1. The number of phenolic OH excluding ortho intramolecular Hbond substituents is 1. The number of benzene rings is 3. The number of carbonyl (C=O) groups excluding carboxylic acids is 1. The Morgan fingerprint density at radius 3 is 2.46 bits per heavy atom. The van der Waals surface area contributed by atoms with Gasteiger partial charge in [-0.25, -0.2) is 5.06 Å². The number of aliphatic hydroxyl groups is 5. The second kappa shape index (κ2) is 17.7. The van der Waals surface area contributed by atoms with Crippen LogP contribution in [0.4, 0.5) is 0 Å². The summed E-state index contributed by atoms with van der Waals surface area (Å²) in [5.74, 6) is -8.98. The summed E-state index contributed by atoms with van der Waals surface area (Å²) < 4.78 is 23.6. The number of hydrogen-bond acceptors (Lipinski definition) is 17. The van der Waals surface area contributed by atoms with Crippen molar-refractivity contribution in [2.24, 2.45) is 16.8 Å². The van der Waals surface area contributed by atoms with E-state index in [4.69, 9.17) is 23.5 Å². The minimum Gasteiger partial charge on any atom is -0.508 e. The van der Waals surface area contributed by atoms with Crippen LogP contribution in [0.2, 0.25) is 0 Å². The number of phenols is 1. The largest absolute Gasteiger partial charge is 0.508 e. The Morgan fingerprint density at radius 1 is 1.02 bits per heavy atom. The number of hydroxylamine groups is 2. The van der Waals surface area contributed by atoms with Gasteiger partial charge in [-0.1, -0.05) is 29.3 Å². The summed E-state index contributed by atoms with van der Waals surface area (Å²) in [4.78, 5) is 50.8. The summed E-state index contributed by atoms with van der Waals surface area (Å²) in [6.45, 7) is 2.44. The third-order valence-electron chi connectivity index (χ3n) is 11.7. The molecule has 0 saturated carbocycles. The highest BCUT2D eigenvalue weighted by Crippen LogP contribution is 2.41. The Bertz CT molecular complexity index is 2530. The number of aliphatic hydroxyl groups excluding tert-OH is 4. The molecule has 18 heteroatoms. The lowest BCUT2D eigenvalue weighted by Gasteiger charge is -2.47. The Morgan fingerprint density at radius 2 is 1.76 bits per heavy atom. The van der Waals surface area contributed by atoms with Crippen molar-refractivity contribution in [1.82, 2.24) is 10.4 Å². The first kappa shape index (κ1) is 43.7. The lowest BCUT2D eigenvalue weighted by Crippen LogP contribution is -2.69. The van der Waals surface area contributed by atoms with Gasteiger partial charge in [0.2, 0.25) is 6.29 Å². The lowest BCUT2D eigenvalue weighted by molar-refractivity contribution is -0.372. The van der Waals surface area contributed by atoms with Crippen LogP contribution in [0.1, 0.15) is 29.5 Å². The molecule has 0 bridgehead atoms. The number of rotatable bonds is 13. The molecule has 0 spiro atoms. The molecular formula is C45H47N3O15. The van der Waals surface area contributed by atoms with Crippen molar-refractivity contribution in [3.8, 4) is 22.6 Å². The fourth-order valence-electron chi connectivity index (χ4n) is 8.65. The van der Waals surface area contributed by atoms with Gasteiger partial charge in [-0.15, -0.1) is 0 Å². The lowest BCUT2D eigenvalue weighted by atomic mass is 9.83. The second-order valence-electron chi connectivity index (χ2n) is 16.2. The average molecular weight is 870 g/mol. The van der Waals surface area contributed by atoms with E-state index in [1.807, 2.05) is 32.0 Å². The molecule has 0 amide bonds. The molecule has 4 aliphatic heterocycles. The van der Waals surface area contributed by atoms with E-state index in [0.29, 0.717) is 36.3 Å². The van der Waals surface area contributed by atoms with Gasteiger partial charge in [0.1, 0.15) is 42.2 Å². The number of hydrogen-bond donors (Lipinski definition) is 8. The quantitative estimate of drug-likeness (QED) is 0.0542. The van der Waals surface area contributed by atoms with Crippen LogP contribution in [0.25, 0.3) is 27.8 Å². The first-order valence-corrected chi connectivity index (χ1v) is 20.4. The molecule has 2 fully saturated rings. The first-order chi connectivity index (χ1) is 30.2. The molecule has 5 heterocycles. The van der Waals surface area contributed by atoms with Crippen LogP contribution in [0.3, 0.4) is 0 Å².